The van der Waals surface area contributed by atoms with Crippen molar-refractivity contribution in [3.05, 3.63) is 0 Å². The van der Waals surface area contributed by atoms with Crippen molar-refractivity contribution in [3.63, 3.8) is 0 Å². The number of rotatable bonds is 6. The lowest BCUT2D eigenvalue weighted by Gasteiger charge is -2.21. The molecule has 1 heterocycles. The molecule has 0 saturated carbocycles. The van der Waals surface area contributed by atoms with Crippen LogP contribution in [0, 0.1) is 0 Å². The van der Waals surface area contributed by atoms with E-state index in [1.165, 1.54) is 25.7 Å². The van der Waals surface area contributed by atoms with Crippen molar-refractivity contribution in [2.75, 3.05) is 39.5 Å². The van der Waals surface area contributed by atoms with Gasteiger partial charge >= 0.3 is 0 Å². The highest BCUT2D eigenvalue weighted by molar-refractivity contribution is 5.78. The largest absolute Gasteiger partial charge is 0.394 e. The van der Waals surface area contributed by atoms with Crippen molar-refractivity contribution in [3.8, 4) is 0 Å². The van der Waals surface area contributed by atoms with E-state index in [1.807, 2.05) is 0 Å². The quantitative estimate of drug-likeness (QED) is 0.406. The fraction of sp³-hybridized carbons (Fsp3) is 0.917. The fourth-order valence-electron chi connectivity index (χ4n) is 1.93. The van der Waals surface area contributed by atoms with Crippen LogP contribution in [0.3, 0.4) is 0 Å². The zero-order chi connectivity index (χ0) is 12.3. The van der Waals surface area contributed by atoms with Crippen LogP contribution in [0.15, 0.2) is 4.99 Å². The van der Waals surface area contributed by atoms with Crippen LogP contribution < -0.4 is 5.73 Å². The van der Waals surface area contributed by atoms with E-state index in [2.05, 4.69) is 9.89 Å². The van der Waals surface area contributed by atoms with E-state index in [0.717, 1.165) is 19.5 Å². The maximum atomic E-state index is 8.53. The van der Waals surface area contributed by atoms with Crippen LogP contribution >= 0.6 is 0 Å². The monoisotopic (exact) mass is 243 g/mol. The van der Waals surface area contributed by atoms with Gasteiger partial charge in [0, 0.05) is 26.2 Å². The van der Waals surface area contributed by atoms with E-state index in [-0.39, 0.29) is 6.61 Å². The number of ether oxygens (including phenoxy) is 1. The second kappa shape index (κ2) is 9.24. The Kier molecular flexibility index (Phi) is 7.75. The molecule has 1 saturated heterocycles. The second-order valence-electron chi connectivity index (χ2n) is 4.33. The van der Waals surface area contributed by atoms with E-state index in [0.29, 0.717) is 25.7 Å². The molecule has 1 rings (SSSR count). The molecular formula is C12H25N3O2. The molecule has 1 aliphatic rings. The number of aliphatic hydroxyl groups is 1. The van der Waals surface area contributed by atoms with Crippen molar-refractivity contribution in [1.29, 1.82) is 0 Å². The molecule has 100 valence electrons. The third kappa shape index (κ3) is 6.48. The van der Waals surface area contributed by atoms with Gasteiger partial charge in [-0.05, 0) is 19.3 Å². The van der Waals surface area contributed by atoms with Crippen LogP contribution in [0.2, 0.25) is 0 Å². The van der Waals surface area contributed by atoms with Crippen LogP contribution in [0.5, 0.6) is 0 Å². The smallest absolute Gasteiger partial charge is 0.191 e. The lowest BCUT2D eigenvalue weighted by Crippen LogP contribution is -2.38. The molecule has 5 heteroatoms. The van der Waals surface area contributed by atoms with Crippen molar-refractivity contribution < 1.29 is 9.84 Å². The zero-order valence-corrected chi connectivity index (χ0v) is 10.6. The van der Waals surface area contributed by atoms with Crippen LogP contribution in [0.4, 0.5) is 0 Å². The summed E-state index contributed by atoms with van der Waals surface area (Å²) in [6, 6.07) is 0. The predicted octanol–water partition coefficient (Wildman–Crippen LogP) is 0.576. The molecule has 0 radical (unpaired) electrons. The molecule has 0 amide bonds. The highest BCUT2D eigenvalue weighted by Gasteiger charge is 2.10. The highest BCUT2D eigenvalue weighted by atomic mass is 16.5. The molecule has 0 atom stereocenters. The lowest BCUT2D eigenvalue weighted by atomic mass is 10.2. The Bertz CT molecular complexity index is 214. The summed E-state index contributed by atoms with van der Waals surface area (Å²) < 4.78 is 5.16. The first kappa shape index (κ1) is 14.3. The molecule has 0 aromatic heterocycles. The molecule has 0 aromatic rings. The topological polar surface area (TPSA) is 71.1 Å². The number of hydrogen-bond acceptors (Lipinski definition) is 3. The number of hydrogen-bond donors (Lipinski definition) is 2. The Balaban J connectivity index is 2.14. The van der Waals surface area contributed by atoms with Gasteiger partial charge in [-0.15, -0.1) is 0 Å². The number of nitrogens with zero attached hydrogens (tertiary/aromatic N) is 2. The van der Waals surface area contributed by atoms with Gasteiger partial charge in [0.25, 0.3) is 0 Å². The number of likely N-dealkylation sites (tertiary alicyclic amines) is 1. The Morgan fingerprint density at radius 1 is 1.18 bits per heavy atom. The molecule has 0 bridgehead atoms. The van der Waals surface area contributed by atoms with E-state index in [4.69, 9.17) is 15.6 Å². The van der Waals surface area contributed by atoms with E-state index < -0.39 is 0 Å². The fourth-order valence-corrected chi connectivity index (χ4v) is 1.93. The SMILES string of the molecule is NC(=NCCCOCCO)N1CCCCCC1. The van der Waals surface area contributed by atoms with Gasteiger partial charge < -0.3 is 20.5 Å². The highest BCUT2D eigenvalue weighted by Crippen LogP contribution is 2.08. The Hall–Kier alpha value is -0.810. The summed E-state index contributed by atoms with van der Waals surface area (Å²) in [6.45, 7) is 3.91. The first-order valence-corrected chi connectivity index (χ1v) is 6.58. The van der Waals surface area contributed by atoms with Crippen LogP contribution in [0.25, 0.3) is 0 Å². The molecule has 1 aliphatic heterocycles. The van der Waals surface area contributed by atoms with Crippen LogP contribution in [-0.2, 0) is 4.74 Å². The molecule has 17 heavy (non-hydrogen) atoms. The molecule has 0 aliphatic carbocycles. The summed E-state index contributed by atoms with van der Waals surface area (Å²) in [5, 5.41) is 8.53. The molecular weight excluding hydrogens is 218 g/mol. The maximum Gasteiger partial charge on any atom is 0.191 e. The van der Waals surface area contributed by atoms with Crippen LogP contribution in [0.1, 0.15) is 32.1 Å². The number of guanidine groups is 1. The van der Waals surface area contributed by atoms with Gasteiger partial charge in [-0.2, -0.15) is 0 Å². The summed E-state index contributed by atoms with van der Waals surface area (Å²) in [6.07, 6.45) is 5.90. The van der Waals surface area contributed by atoms with Crippen molar-refractivity contribution in [2.24, 2.45) is 10.7 Å². The summed E-state index contributed by atoms with van der Waals surface area (Å²) >= 11 is 0. The van der Waals surface area contributed by atoms with Gasteiger partial charge in [-0.3, -0.25) is 4.99 Å². The van der Waals surface area contributed by atoms with Crippen LogP contribution in [-0.4, -0.2) is 55.4 Å². The van der Waals surface area contributed by atoms with Gasteiger partial charge in [-0.1, -0.05) is 12.8 Å². The van der Waals surface area contributed by atoms with E-state index in [9.17, 15) is 0 Å². The molecule has 0 spiro atoms. The number of aliphatic imine (C=N–C) groups is 1. The van der Waals surface area contributed by atoms with Crippen molar-refractivity contribution >= 4 is 5.96 Å². The van der Waals surface area contributed by atoms with E-state index in [1.54, 1.807) is 0 Å². The third-order valence-corrected chi connectivity index (χ3v) is 2.89. The normalized spacial score (nSPS) is 18.2. The summed E-state index contributed by atoms with van der Waals surface area (Å²) in [4.78, 5) is 6.55. The van der Waals surface area contributed by atoms with Gasteiger partial charge in [-0.25, -0.2) is 0 Å². The van der Waals surface area contributed by atoms with Gasteiger partial charge in [0.1, 0.15) is 0 Å². The number of nitrogens with two attached hydrogens (primary N) is 1. The standard InChI is InChI=1S/C12H25N3O2/c13-12(14-6-5-10-17-11-9-16)15-7-3-1-2-4-8-15/h16H,1-11H2,(H2,13,14). The zero-order valence-electron chi connectivity index (χ0n) is 10.6. The maximum absolute atomic E-state index is 8.53. The minimum absolute atomic E-state index is 0.0825. The Morgan fingerprint density at radius 2 is 1.88 bits per heavy atom. The summed E-state index contributed by atoms with van der Waals surface area (Å²) in [5.74, 6) is 0.675. The Labute approximate surface area is 104 Å². The minimum Gasteiger partial charge on any atom is -0.394 e. The minimum atomic E-state index is 0.0825. The van der Waals surface area contributed by atoms with Gasteiger partial charge in [0.05, 0.1) is 13.2 Å². The average Bonchev–Trinajstić information content (AvgIpc) is 2.62. The summed E-state index contributed by atoms with van der Waals surface area (Å²) in [7, 11) is 0. The molecule has 1 fully saturated rings. The van der Waals surface area contributed by atoms with Crippen molar-refractivity contribution in [2.45, 2.75) is 32.1 Å². The average molecular weight is 243 g/mol. The Morgan fingerprint density at radius 3 is 2.53 bits per heavy atom. The molecule has 0 aromatic carbocycles. The predicted molar refractivity (Wildman–Crippen MR) is 69.1 cm³/mol. The second-order valence-corrected chi connectivity index (χ2v) is 4.33. The number of aliphatic hydroxyl groups excluding tert-OH is 1. The first-order chi connectivity index (χ1) is 8.34. The van der Waals surface area contributed by atoms with Gasteiger partial charge in [0.15, 0.2) is 5.96 Å². The van der Waals surface area contributed by atoms with E-state index >= 15 is 0 Å². The molecule has 5 nitrogen and oxygen atoms in total. The first-order valence-electron chi connectivity index (χ1n) is 6.58. The van der Waals surface area contributed by atoms with Crippen molar-refractivity contribution in [1.82, 2.24) is 4.90 Å². The molecule has 3 N–H and O–H groups in total. The third-order valence-electron chi connectivity index (χ3n) is 2.89. The summed E-state index contributed by atoms with van der Waals surface area (Å²) in [5.41, 5.74) is 5.95. The lowest BCUT2D eigenvalue weighted by molar-refractivity contribution is 0.0917. The van der Waals surface area contributed by atoms with Gasteiger partial charge in [0.2, 0.25) is 0 Å². The molecule has 0 unspecified atom stereocenters.